The molecule has 17 heavy (non-hydrogen) atoms. The van der Waals surface area contributed by atoms with E-state index in [0.717, 1.165) is 56.7 Å². The molecule has 1 aliphatic heterocycles. The summed E-state index contributed by atoms with van der Waals surface area (Å²) in [6.45, 7) is 6.97. The Morgan fingerprint density at radius 3 is 2.94 bits per heavy atom. The van der Waals surface area contributed by atoms with Crippen LogP contribution in [0.5, 0.6) is 0 Å². The Bertz CT molecular complexity index is 323. The van der Waals surface area contributed by atoms with Gasteiger partial charge in [0, 0.05) is 31.5 Å². The average Bonchev–Trinajstić information content (AvgIpc) is 2.76. The molecule has 4 nitrogen and oxygen atoms in total. The molecular formula is C12H20ClN3O. The number of aromatic nitrogens is 1. The topological polar surface area (TPSA) is 40.3 Å². The molecule has 0 aliphatic carbocycles. The predicted octanol–water partition coefficient (Wildman–Crippen LogP) is 1.48. The molecule has 1 aliphatic rings. The summed E-state index contributed by atoms with van der Waals surface area (Å²) in [6.07, 6.45) is 2.99. The summed E-state index contributed by atoms with van der Waals surface area (Å²) >= 11 is 5.82. The molecule has 2 heterocycles. The minimum absolute atomic E-state index is 0.773. The summed E-state index contributed by atoms with van der Waals surface area (Å²) in [5.41, 5.74) is 1.14. The third-order valence-electron chi connectivity index (χ3n) is 2.95. The lowest BCUT2D eigenvalue weighted by Crippen LogP contribution is -2.37. The van der Waals surface area contributed by atoms with E-state index in [1.165, 1.54) is 6.42 Å². The number of hydrogen-bond donors (Lipinski definition) is 2. The van der Waals surface area contributed by atoms with Crippen LogP contribution in [0.25, 0.3) is 0 Å². The average molecular weight is 258 g/mol. The maximum atomic E-state index is 5.82. The van der Waals surface area contributed by atoms with Crippen LogP contribution in [0.1, 0.15) is 12.1 Å². The van der Waals surface area contributed by atoms with E-state index in [-0.39, 0.29) is 0 Å². The van der Waals surface area contributed by atoms with Crippen molar-refractivity contribution in [1.82, 2.24) is 15.2 Å². The van der Waals surface area contributed by atoms with Gasteiger partial charge in [-0.2, -0.15) is 0 Å². The van der Waals surface area contributed by atoms with Gasteiger partial charge in [-0.3, -0.25) is 4.90 Å². The van der Waals surface area contributed by atoms with E-state index in [2.05, 4.69) is 15.2 Å². The van der Waals surface area contributed by atoms with Crippen molar-refractivity contribution in [3.63, 3.8) is 0 Å². The third kappa shape index (κ3) is 4.68. The molecule has 1 fully saturated rings. The standard InChI is InChI=1S/C12H20ClN3O/c13-11-8-12(15-9-11)10-14-2-1-3-16-4-6-17-7-5-16/h8-9,14-15H,1-7,10H2. The number of nitrogens with zero attached hydrogens (tertiary/aromatic N) is 1. The van der Waals surface area contributed by atoms with E-state index < -0.39 is 0 Å². The van der Waals surface area contributed by atoms with Crippen LogP contribution in [-0.4, -0.2) is 49.3 Å². The van der Waals surface area contributed by atoms with E-state index in [1.807, 2.05) is 12.3 Å². The van der Waals surface area contributed by atoms with Gasteiger partial charge < -0.3 is 15.0 Å². The summed E-state index contributed by atoms with van der Waals surface area (Å²) in [4.78, 5) is 5.58. The number of halogens is 1. The van der Waals surface area contributed by atoms with Crippen LogP contribution in [0.15, 0.2) is 12.3 Å². The first-order valence-corrected chi connectivity index (χ1v) is 6.56. The molecule has 1 saturated heterocycles. The Morgan fingerprint density at radius 2 is 2.24 bits per heavy atom. The SMILES string of the molecule is Clc1c[nH]c(CNCCCN2CCOCC2)c1. The van der Waals surface area contributed by atoms with Crippen molar-refractivity contribution >= 4 is 11.6 Å². The van der Waals surface area contributed by atoms with Crippen molar-refractivity contribution in [3.8, 4) is 0 Å². The lowest BCUT2D eigenvalue weighted by atomic mass is 10.3. The molecule has 0 atom stereocenters. The van der Waals surface area contributed by atoms with Gasteiger partial charge in [0.05, 0.1) is 18.2 Å². The molecular weight excluding hydrogens is 238 g/mol. The zero-order chi connectivity index (χ0) is 11.9. The Balaban J connectivity index is 1.51. The van der Waals surface area contributed by atoms with Gasteiger partial charge in [-0.15, -0.1) is 0 Å². The Morgan fingerprint density at radius 1 is 1.41 bits per heavy atom. The Labute approximate surface area is 107 Å². The van der Waals surface area contributed by atoms with Crippen molar-refractivity contribution in [2.75, 3.05) is 39.4 Å². The summed E-state index contributed by atoms with van der Waals surface area (Å²) in [5.74, 6) is 0. The van der Waals surface area contributed by atoms with Crippen molar-refractivity contribution in [1.29, 1.82) is 0 Å². The van der Waals surface area contributed by atoms with Gasteiger partial charge in [0.15, 0.2) is 0 Å². The normalized spacial score (nSPS) is 17.5. The summed E-state index contributed by atoms with van der Waals surface area (Å²) in [5, 5.41) is 4.18. The molecule has 2 N–H and O–H groups in total. The number of ether oxygens (including phenoxy) is 1. The molecule has 0 radical (unpaired) electrons. The second kappa shape index (κ2) is 7.01. The summed E-state index contributed by atoms with van der Waals surface area (Å²) in [6, 6.07) is 1.95. The second-order valence-corrected chi connectivity index (χ2v) is 4.76. The molecule has 5 heteroatoms. The molecule has 0 aromatic carbocycles. The van der Waals surface area contributed by atoms with Gasteiger partial charge >= 0.3 is 0 Å². The summed E-state index contributed by atoms with van der Waals surface area (Å²) in [7, 11) is 0. The van der Waals surface area contributed by atoms with Crippen LogP contribution in [0.4, 0.5) is 0 Å². The van der Waals surface area contributed by atoms with Crippen molar-refractivity contribution in [2.24, 2.45) is 0 Å². The van der Waals surface area contributed by atoms with Crippen LogP contribution in [0.3, 0.4) is 0 Å². The molecule has 1 aromatic rings. The number of morpholine rings is 1. The molecule has 0 amide bonds. The number of hydrogen-bond acceptors (Lipinski definition) is 3. The zero-order valence-corrected chi connectivity index (χ0v) is 10.8. The van der Waals surface area contributed by atoms with Crippen LogP contribution >= 0.6 is 11.6 Å². The van der Waals surface area contributed by atoms with Gasteiger partial charge in [-0.1, -0.05) is 11.6 Å². The van der Waals surface area contributed by atoms with E-state index >= 15 is 0 Å². The van der Waals surface area contributed by atoms with Gasteiger partial charge in [-0.25, -0.2) is 0 Å². The first-order chi connectivity index (χ1) is 8.34. The quantitative estimate of drug-likeness (QED) is 0.759. The minimum Gasteiger partial charge on any atom is -0.379 e. The Kier molecular flexibility index (Phi) is 5.32. The van der Waals surface area contributed by atoms with Gasteiger partial charge in [0.2, 0.25) is 0 Å². The first kappa shape index (κ1) is 12.9. The van der Waals surface area contributed by atoms with Crippen molar-refractivity contribution in [2.45, 2.75) is 13.0 Å². The highest BCUT2D eigenvalue weighted by Gasteiger charge is 2.08. The van der Waals surface area contributed by atoms with Crippen LogP contribution in [-0.2, 0) is 11.3 Å². The highest BCUT2D eigenvalue weighted by Crippen LogP contribution is 2.08. The molecule has 0 unspecified atom stereocenters. The molecule has 0 spiro atoms. The largest absolute Gasteiger partial charge is 0.379 e. The van der Waals surface area contributed by atoms with E-state index in [0.29, 0.717) is 0 Å². The fraction of sp³-hybridized carbons (Fsp3) is 0.667. The fourth-order valence-corrected chi connectivity index (χ4v) is 2.18. The summed E-state index contributed by atoms with van der Waals surface area (Å²) < 4.78 is 5.31. The van der Waals surface area contributed by atoms with Crippen LogP contribution in [0.2, 0.25) is 5.02 Å². The smallest absolute Gasteiger partial charge is 0.0594 e. The lowest BCUT2D eigenvalue weighted by Gasteiger charge is -2.26. The second-order valence-electron chi connectivity index (χ2n) is 4.33. The van der Waals surface area contributed by atoms with Gasteiger partial charge in [0.25, 0.3) is 0 Å². The maximum absolute atomic E-state index is 5.82. The Hall–Kier alpha value is -0.550. The lowest BCUT2D eigenvalue weighted by molar-refractivity contribution is 0.0374. The van der Waals surface area contributed by atoms with E-state index in [9.17, 15) is 0 Å². The number of H-pyrrole nitrogens is 1. The third-order valence-corrected chi connectivity index (χ3v) is 3.17. The zero-order valence-electron chi connectivity index (χ0n) is 10.0. The number of nitrogens with one attached hydrogen (secondary N) is 2. The maximum Gasteiger partial charge on any atom is 0.0594 e. The molecule has 0 saturated carbocycles. The van der Waals surface area contributed by atoms with Gasteiger partial charge in [-0.05, 0) is 25.6 Å². The molecule has 2 rings (SSSR count). The predicted molar refractivity (Wildman–Crippen MR) is 69.4 cm³/mol. The van der Waals surface area contributed by atoms with Gasteiger partial charge in [0.1, 0.15) is 0 Å². The monoisotopic (exact) mass is 257 g/mol. The highest BCUT2D eigenvalue weighted by molar-refractivity contribution is 6.30. The molecule has 1 aromatic heterocycles. The van der Waals surface area contributed by atoms with E-state index in [4.69, 9.17) is 16.3 Å². The highest BCUT2D eigenvalue weighted by atomic mass is 35.5. The van der Waals surface area contributed by atoms with Crippen molar-refractivity contribution < 1.29 is 4.74 Å². The molecule has 0 bridgehead atoms. The van der Waals surface area contributed by atoms with E-state index in [1.54, 1.807) is 0 Å². The first-order valence-electron chi connectivity index (χ1n) is 6.18. The molecule has 96 valence electrons. The number of rotatable bonds is 6. The fourth-order valence-electron chi connectivity index (χ4n) is 1.99. The van der Waals surface area contributed by atoms with Crippen LogP contribution in [0, 0.1) is 0 Å². The minimum atomic E-state index is 0.773. The van der Waals surface area contributed by atoms with Crippen molar-refractivity contribution in [3.05, 3.63) is 23.0 Å². The number of aromatic amines is 1. The van der Waals surface area contributed by atoms with Crippen LogP contribution < -0.4 is 5.32 Å².